The molecule has 136 valence electrons. The Balaban J connectivity index is 1.97. The Kier molecular flexibility index (Phi) is 5.23. The van der Waals surface area contributed by atoms with Crippen molar-refractivity contribution in [2.75, 3.05) is 13.2 Å². The molecule has 1 aliphatic rings. The van der Waals surface area contributed by atoms with E-state index in [0.717, 1.165) is 5.56 Å². The van der Waals surface area contributed by atoms with Crippen molar-refractivity contribution in [3.05, 3.63) is 71.4 Å². The van der Waals surface area contributed by atoms with Gasteiger partial charge in [0.25, 0.3) is 5.91 Å². The van der Waals surface area contributed by atoms with Crippen molar-refractivity contribution in [3.63, 3.8) is 0 Å². The summed E-state index contributed by atoms with van der Waals surface area (Å²) in [4.78, 5) is 26.9. The van der Waals surface area contributed by atoms with Crippen molar-refractivity contribution < 1.29 is 23.8 Å². The summed E-state index contributed by atoms with van der Waals surface area (Å²) in [6.07, 6.45) is 1.40. The lowest BCUT2D eigenvalue weighted by molar-refractivity contribution is -0.130. The van der Waals surface area contributed by atoms with E-state index >= 15 is 0 Å². The average molecular weight is 355 g/mol. The zero-order chi connectivity index (χ0) is 18.7. The third kappa shape index (κ3) is 3.41. The zero-order valence-electron chi connectivity index (χ0n) is 14.7. The van der Waals surface area contributed by atoms with E-state index in [1.165, 1.54) is 17.2 Å². The Labute approximate surface area is 151 Å². The maximum absolute atomic E-state index is 12.9. The van der Waals surface area contributed by atoms with Crippen molar-refractivity contribution >= 4 is 11.7 Å². The number of benzene rings is 1. The zero-order valence-corrected chi connectivity index (χ0v) is 14.7. The fraction of sp³-hybridized carbons (Fsp3) is 0.300. The minimum absolute atomic E-state index is 0.0219. The number of carbonyl (C=O) groups excluding carboxylic acids is 2. The standard InChI is InChI=1S/C20H21NO5/c1-13(2)25-12-10-21-17(14-7-4-3-5-8-14)16(19(23)20(21)24)18(22)15-9-6-11-26-15/h3-9,11,13,17,23H,10,12H2,1-2H3. The van der Waals surface area contributed by atoms with Crippen LogP contribution >= 0.6 is 0 Å². The molecule has 1 aromatic carbocycles. The van der Waals surface area contributed by atoms with Crippen LogP contribution < -0.4 is 0 Å². The van der Waals surface area contributed by atoms with E-state index in [1.807, 2.05) is 44.2 Å². The monoisotopic (exact) mass is 355 g/mol. The minimum atomic E-state index is -0.683. The van der Waals surface area contributed by atoms with Crippen molar-refractivity contribution in [2.45, 2.75) is 26.0 Å². The van der Waals surface area contributed by atoms with Crippen LogP contribution in [0.2, 0.25) is 0 Å². The average Bonchev–Trinajstić information content (AvgIpc) is 3.24. The van der Waals surface area contributed by atoms with Crippen LogP contribution in [-0.2, 0) is 9.53 Å². The molecular weight excluding hydrogens is 334 g/mol. The molecule has 2 heterocycles. The smallest absolute Gasteiger partial charge is 0.290 e. The third-order valence-electron chi connectivity index (χ3n) is 4.19. The Morgan fingerprint density at radius 2 is 1.96 bits per heavy atom. The second-order valence-corrected chi connectivity index (χ2v) is 6.30. The second kappa shape index (κ2) is 7.58. The normalized spacial score (nSPS) is 17.4. The maximum atomic E-state index is 12.9. The molecule has 1 amide bonds. The van der Waals surface area contributed by atoms with Crippen molar-refractivity contribution in [3.8, 4) is 0 Å². The van der Waals surface area contributed by atoms with Gasteiger partial charge in [0.15, 0.2) is 11.5 Å². The predicted molar refractivity (Wildman–Crippen MR) is 94.7 cm³/mol. The van der Waals surface area contributed by atoms with Crippen molar-refractivity contribution in [1.29, 1.82) is 0 Å². The predicted octanol–water partition coefficient (Wildman–Crippen LogP) is 3.28. The molecular formula is C20H21NO5. The second-order valence-electron chi connectivity index (χ2n) is 6.30. The molecule has 6 nitrogen and oxygen atoms in total. The lowest BCUT2D eigenvalue weighted by Gasteiger charge is -2.27. The number of aliphatic hydroxyl groups is 1. The first kappa shape index (κ1) is 17.9. The van der Waals surface area contributed by atoms with E-state index in [9.17, 15) is 14.7 Å². The van der Waals surface area contributed by atoms with Gasteiger partial charge in [-0.15, -0.1) is 0 Å². The quantitative estimate of drug-likeness (QED) is 0.771. The number of ether oxygens (including phenoxy) is 1. The highest BCUT2D eigenvalue weighted by molar-refractivity contribution is 6.14. The van der Waals surface area contributed by atoms with Crippen LogP contribution in [0.15, 0.2) is 64.5 Å². The van der Waals surface area contributed by atoms with Crippen LogP contribution in [0.25, 0.3) is 0 Å². The molecule has 2 aromatic rings. The van der Waals surface area contributed by atoms with E-state index in [1.54, 1.807) is 6.07 Å². The lowest BCUT2D eigenvalue weighted by Crippen LogP contribution is -2.34. The Morgan fingerprint density at radius 1 is 1.23 bits per heavy atom. The van der Waals surface area contributed by atoms with Gasteiger partial charge < -0.3 is 19.2 Å². The number of nitrogens with zero attached hydrogens (tertiary/aromatic N) is 1. The molecule has 0 saturated carbocycles. The molecule has 1 unspecified atom stereocenters. The number of hydrogen-bond donors (Lipinski definition) is 1. The molecule has 0 aliphatic carbocycles. The molecule has 0 radical (unpaired) electrons. The van der Waals surface area contributed by atoms with Crippen molar-refractivity contribution in [2.24, 2.45) is 0 Å². The summed E-state index contributed by atoms with van der Waals surface area (Å²) in [5.41, 5.74) is 0.769. The number of ketones is 1. The maximum Gasteiger partial charge on any atom is 0.290 e. The molecule has 6 heteroatoms. The van der Waals surface area contributed by atoms with E-state index in [4.69, 9.17) is 9.15 Å². The van der Waals surface area contributed by atoms with Gasteiger partial charge in [-0.25, -0.2) is 0 Å². The number of aliphatic hydroxyl groups excluding tert-OH is 1. The minimum Gasteiger partial charge on any atom is -0.503 e. The third-order valence-corrected chi connectivity index (χ3v) is 4.19. The van der Waals surface area contributed by atoms with E-state index < -0.39 is 23.5 Å². The highest BCUT2D eigenvalue weighted by atomic mass is 16.5. The van der Waals surface area contributed by atoms with Crippen LogP contribution in [0.4, 0.5) is 0 Å². The van der Waals surface area contributed by atoms with Gasteiger partial charge in [0.05, 0.1) is 30.6 Å². The van der Waals surface area contributed by atoms with Gasteiger partial charge >= 0.3 is 0 Å². The van der Waals surface area contributed by atoms with Crippen LogP contribution in [0.1, 0.15) is 36.0 Å². The Hall–Kier alpha value is -2.86. The van der Waals surface area contributed by atoms with Gasteiger partial charge in [-0.3, -0.25) is 9.59 Å². The van der Waals surface area contributed by atoms with E-state index in [2.05, 4.69) is 0 Å². The summed E-state index contributed by atoms with van der Waals surface area (Å²) in [6, 6.07) is 11.6. The highest BCUT2D eigenvalue weighted by Crippen LogP contribution is 2.38. The lowest BCUT2D eigenvalue weighted by atomic mass is 9.95. The topological polar surface area (TPSA) is 80.0 Å². The van der Waals surface area contributed by atoms with Gasteiger partial charge in [-0.2, -0.15) is 0 Å². The van der Waals surface area contributed by atoms with Crippen LogP contribution in [0, 0.1) is 0 Å². The highest BCUT2D eigenvalue weighted by Gasteiger charge is 2.44. The molecule has 1 aliphatic heterocycles. The number of Topliss-reactive ketones (excluding diaryl/α,β-unsaturated/α-hetero) is 1. The first-order valence-electron chi connectivity index (χ1n) is 8.49. The largest absolute Gasteiger partial charge is 0.503 e. The first-order valence-corrected chi connectivity index (χ1v) is 8.49. The summed E-state index contributed by atoms with van der Waals surface area (Å²) in [5, 5.41) is 10.4. The van der Waals surface area contributed by atoms with Gasteiger partial charge in [0.2, 0.25) is 5.78 Å². The number of hydrogen-bond acceptors (Lipinski definition) is 5. The van der Waals surface area contributed by atoms with Crippen LogP contribution in [0.5, 0.6) is 0 Å². The van der Waals surface area contributed by atoms with E-state index in [0.29, 0.717) is 6.61 Å². The Morgan fingerprint density at radius 3 is 2.58 bits per heavy atom. The molecule has 0 fully saturated rings. The summed E-state index contributed by atoms with van der Waals surface area (Å²) >= 11 is 0. The molecule has 1 atom stereocenters. The first-order chi connectivity index (χ1) is 12.5. The SMILES string of the molecule is CC(C)OCCN1C(=O)C(O)=C(C(=O)c2ccco2)C1c1ccccc1. The van der Waals surface area contributed by atoms with Crippen LogP contribution in [0.3, 0.4) is 0 Å². The number of furan rings is 1. The van der Waals surface area contributed by atoms with Gasteiger partial charge in [-0.05, 0) is 31.5 Å². The van der Waals surface area contributed by atoms with E-state index in [-0.39, 0.29) is 24.0 Å². The summed E-state index contributed by atoms with van der Waals surface area (Å²) in [5.74, 6) is -1.53. The molecule has 1 aromatic heterocycles. The number of amides is 1. The van der Waals surface area contributed by atoms with Gasteiger partial charge in [-0.1, -0.05) is 30.3 Å². The summed E-state index contributed by atoms with van der Waals surface area (Å²) in [6.45, 7) is 4.38. The fourth-order valence-corrected chi connectivity index (χ4v) is 3.03. The molecule has 1 N–H and O–H groups in total. The molecule has 0 saturated heterocycles. The fourth-order valence-electron chi connectivity index (χ4n) is 3.03. The summed E-state index contributed by atoms with van der Waals surface area (Å²) < 4.78 is 10.7. The molecule has 26 heavy (non-hydrogen) atoms. The molecule has 0 spiro atoms. The number of carbonyl (C=O) groups is 2. The number of rotatable bonds is 7. The van der Waals surface area contributed by atoms with Gasteiger partial charge in [0.1, 0.15) is 0 Å². The Bertz CT molecular complexity index is 808. The molecule has 0 bridgehead atoms. The van der Waals surface area contributed by atoms with Crippen LogP contribution in [-0.4, -0.2) is 41.0 Å². The van der Waals surface area contributed by atoms with Crippen molar-refractivity contribution in [1.82, 2.24) is 4.90 Å². The molecule has 3 rings (SSSR count). The summed E-state index contributed by atoms with van der Waals surface area (Å²) in [7, 11) is 0. The van der Waals surface area contributed by atoms with Gasteiger partial charge in [0, 0.05) is 6.54 Å².